The number of benzene rings is 2. The minimum absolute atomic E-state index is 0.0396. The van der Waals surface area contributed by atoms with E-state index < -0.39 is 0 Å². The summed E-state index contributed by atoms with van der Waals surface area (Å²) in [5, 5.41) is 6.48. The summed E-state index contributed by atoms with van der Waals surface area (Å²) in [6, 6.07) is 17.1. The summed E-state index contributed by atoms with van der Waals surface area (Å²) in [7, 11) is 0. The molecule has 4 heteroatoms. The maximum atomic E-state index is 12.5. The second-order valence-corrected chi connectivity index (χ2v) is 5.99. The number of hydrogen-bond acceptors (Lipinski definition) is 3. The Bertz CT molecular complexity index is 657. The second-order valence-electron chi connectivity index (χ2n) is 5.99. The Hall–Kier alpha value is -2.33. The van der Waals surface area contributed by atoms with Crippen LogP contribution in [0.5, 0.6) is 11.5 Å². The standard InChI is InChI=1S/C19H22N2O2/c1-14-13-20-11-10-18(14)21-19(22)15-6-5-9-17(12-15)23-16-7-3-2-4-8-16/h2-9,12,14,18,20H,10-11,13H2,1H3,(H,21,22). The lowest BCUT2D eigenvalue weighted by Gasteiger charge is -2.30. The average Bonchev–Trinajstić information content (AvgIpc) is 2.58. The number of ether oxygens (including phenoxy) is 1. The molecule has 1 heterocycles. The normalized spacial score (nSPS) is 20.7. The summed E-state index contributed by atoms with van der Waals surface area (Å²) in [4.78, 5) is 12.5. The van der Waals surface area contributed by atoms with Crippen LogP contribution in [0, 0.1) is 5.92 Å². The van der Waals surface area contributed by atoms with Gasteiger partial charge in [-0.05, 0) is 55.8 Å². The zero-order valence-corrected chi connectivity index (χ0v) is 13.3. The van der Waals surface area contributed by atoms with Gasteiger partial charge in [-0.2, -0.15) is 0 Å². The number of para-hydroxylation sites is 1. The number of hydrogen-bond donors (Lipinski definition) is 2. The Morgan fingerprint density at radius 2 is 1.91 bits per heavy atom. The molecule has 0 aliphatic carbocycles. The fraction of sp³-hybridized carbons (Fsp3) is 0.316. The molecular weight excluding hydrogens is 288 g/mol. The smallest absolute Gasteiger partial charge is 0.251 e. The minimum atomic E-state index is -0.0396. The summed E-state index contributed by atoms with van der Waals surface area (Å²) in [5.74, 6) is 1.83. The van der Waals surface area contributed by atoms with E-state index in [0.29, 0.717) is 17.2 Å². The summed E-state index contributed by atoms with van der Waals surface area (Å²) < 4.78 is 5.79. The van der Waals surface area contributed by atoms with E-state index in [9.17, 15) is 4.79 Å². The van der Waals surface area contributed by atoms with E-state index in [1.54, 1.807) is 6.07 Å². The first-order chi connectivity index (χ1) is 11.2. The van der Waals surface area contributed by atoms with Crippen molar-refractivity contribution in [2.24, 2.45) is 5.92 Å². The van der Waals surface area contributed by atoms with Crippen LogP contribution in [0.2, 0.25) is 0 Å². The molecule has 2 atom stereocenters. The molecule has 0 aromatic heterocycles. The van der Waals surface area contributed by atoms with Gasteiger partial charge in [-0.25, -0.2) is 0 Å². The summed E-state index contributed by atoms with van der Waals surface area (Å²) in [6.07, 6.45) is 0.965. The highest BCUT2D eigenvalue weighted by Gasteiger charge is 2.23. The van der Waals surface area contributed by atoms with Gasteiger partial charge in [0.1, 0.15) is 11.5 Å². The van der Waals surface area contributed by atoms with Crippen LogP contribution in [-0.2, 0) is 0 Å². The van der Waals surface area contributed by atoms with Crippen LogP contribution in [-0.4, -0.2) is 25.0 Å². The van der Waals surface area contributed by atoms with E-state index in [2.05, 4.69) is 17.6 Å². The quantitative estimate of drug-likeness (QED) is 0.912. The largest absolute Gasteiger partial charge is 0.457 e. The van der Waals surface area contributed by atoms with Crippen molar-refractivity contribution >= 4 is 5.91 Å². The van der Waals surface area contributed by atoms with Crippen molar-refractivity contribution in [3.8, 4) is 11.5 Å². The summed E-state index contributed by atoms with van der Waals surface area (Å²) in [6.45, 7) is 4.06. The van der Waals surface area contributed by atoms with Crippen LogP contribution >= 0.6 is 0 Å². The van der Waals surface area contributed by atoms with E-state index in [4.69, 9.17) is 4.74 Å². The van der Waals surface area contributed by atoms with Crippen LogP contribution in [0.25, 0.3) is 0 Å². The van der Waals surface area contributed by atoms with Crippen LogP contribution in [0.15, 0.2) is 54.6 Å². The van der Waals surface area contributed by atoms with E-state index in [-0.39, 0.29) is 11.9 Å². The molecule has 1 aliphatic rings. The van der Waals surface area contributed by atoms with Crippen molar-refractivity contribution in [1.82, 2.24) is 10.6 Å². The first kappa shape index (κ1) is 15.6. The molecule has 0 spiro atoms. The first-order valence-electron chi connectivity index (χ1n) is 8.07. The molecule has 23 heavy (non-hydrogen) atoms. The fourth-order valence-electron chi connectivity index (χ4n) is 2.81. The number of carbonyl (C=O) groups is 1. The van der Waals surface area contributed by atoms with Crippen LogP contribution in [0.3, 0.4) is 0 Å². The maximum absolute atomic E-state index is 12.5. The van der Waals surface area contributed by atoms with Gasteiger partial charge < -0.3 is 15.4 Å². The molecule has 0 radical (unpaired) electrons. The van der Waals surface area contributed by atoms with Gasteiger partial charge in [-0.3, -0.25) is 4.79 Å². The molecule has 2 aromatic rings. The summed E-state index contributed by atoms with van der Waals surface area (Å²) in [5.41, 5.74) is 0.629. The first-order valence-corrected chi connectivity index (χ1v) is 8.07. The van der Waals surface area contributed by atoms with Gasteiger partial charge in [0.15, 0.2) is 0 Å². The highest BCUT2D eigenvalue weighted by atomic mass is 16.5. The van der Waals surface area contributed by atoms with Crippen molar-refractivity contribution in [2.45, 2.75) is 19.4 Å². The fourth-order valence-corrected chi connectivity index (χ4v) is 2.81. The zero-order chi connectivity index (χ0) is 16.1. The lowest BCUT2D eigenvalue weighted by Crippen LogP contribution is -2.48. The number of nitrogens with one attached hydrogen (secondary N) is 2. The van der Waals surface area contributed by atoms with Gasteiger partial charge in [-0.15, -0.1) is 0 Å². The monoisotopic (exact) mass is 310 g/mol. The molecule has 1 saturated heterocycles. The third-order valence-electron chi connectivity index (χ3n) is 4.18. The molecule has 2 N–H and O–H groups in total. The minimum Gasteiger partial charge on any atom is -0.457 e. The highest BCUT2D eigenvalue weighted by Crippen LogP contribution is 2.22. The Morgan fingerprint density at radius 1 is 1.13 bits per heavy atom. The highest BCUT2D eigenvalue weighted by molar-refractivity contribution is 5.94. The van der Waals surface area contributed by atoms with Gasteiger partial charge >= 0.3 is 0 Å². The van der Waals surface area contributed by atoms with E-state index in [1.165, 1.54) is 0 Å². The maximum Gasteiger partial charge on any atom is 0.251 e. The lowest BCUT2D eigenvalue weighted by atomic mass is 9.95. The molecule has 1 aliphatic heterocycles. The number of amides is 1. The third kappa shape index (κ3) is 4.11. The molecule has 1 amide bonds. The van der Waals surface area contributed by atoms with Crippen LogP contribution < -0.4 is 15.4 Å². The Kier molecular flexibility index (Phi) is 4.93. The van der Waals surface area contributed by atoms with E-state index in [0.717, 1.165) is 25.3 Å². The van der Waals surface area contributed by atoms with Crippen LogP contribution in [0.1, 0.15) is 23.7 Å². The average molecular weight is 310 g/mol. The predicted octanol–water partition coefficient (Wildman–Crippen LogP) is 3.21. The van der Waals surface area contributed by atoms with Crippen LogP contribution in [0.4, 0.5) is 0 Å². The van der Waals surface area contributed by atoms with Gasteiger partial charge in [0.2, 0.25) is 0 Å². The molecule has 2 unspecified atom stereocenters. The summed E-state index contributed by atoms with van der Waals surface area (Å²) >= 11 is 0. The predicted molar refractivity (Wildman–Crippen MR) is 90.9 cm³/mol. The van der Waals surface area contributed by atoms with Crippen molar-refractivity contribution < 1.29 is 9.53 Å². The van der Waals surface area contributed by atoms with Crippen molar-refractivity contribution in [3.63, 3.8) is 0 Å². The molecule has 0 saturated carbocycles. The Morgan fingerprint density at radius 3 is 2.70 bits per heavy atom. The van der Waals surface area contributed by atoms with Gasteiger partial charge in [-0.1, -0.05) is 31.2 Å². The molecule has 3 rings (SSSR count). The lowest BCUT2D eigenvalue weighted by molar-refractivity contribution is 0.0914. The van der Waals surface area contributed by atoms with Gasteiger partial charge in [0, 0.05) is 11.6 Å². The Labute approximate surface area is 136 Å². The zero-order valence-electron chi connectivity index (χ0n) is 13.3. The van der Waals surface area contributed by atoms with E-state index >= 15 is 0 Å². The second kappa shape index (κ2) is 7.29. The number of piperidine rings is 1. The van der Waals surface area contributed by atoms with Crippen molar-refractivity contribution in [1.29, 1.82) is 0 Å². The number of rotatable bonds is 4. The SMILES string of the molecule is CC1CNCCC1NC(=O)c1cccc(Oc2ccccc2)c1. The topological polar surface area (TPSA) is 50.4 Å². The molecule has 120 valence electrons. The van der Waals surface area contributed by atoms with Gasteiger partial charge in [0.05, 0.1) is 0 Å². The molecular formula is C19H22N2O2. The molecule has 2 aromatic carbocycles. The van der Waals surface area contributed by atoms with Crippen molar-refractivity contribution in [3.05, 3.63) is 60.2 Å². The molecule has 1 fully saturated rings. The Balaban J connectivity index is 1.67. The number of carbonyl (C=O) groups excluding carboxylic acids is 1. The third-order valence-corrected chi connectivity index (χ3v) is 4.18. The van der Waals surface area contributed by atoms with E-state index in [1.807, 2.05) is 48.5 Å². The van der Waals surface area contributed by atoms with Crippen molar-refractivity contribution in [2.75, 3.05) is 13.1 Å². The molecule has 0 bridgehead atoms. The van der Waals surface area contributed by atoms with Gasteiger partial charge in [0.25, 0.3) is 5.91 Å². The molecule has 4 nitrogen and oxygen atoms in total.